The van der Waals surface area contributed by atoms with E-state index in [1.807, 2.05) is 0 Å². The molecule has 1 N–H and O–H groups in total. The fourth-order valence-corrected chi connectivity index (χ4v) is 3.10. The number of hydrogen-bond acceptors (Lipinski definition) is 3. The first-order valence-electron chi connectivity index (χ1n) is 7.77. The minimum atomic E-state index is -0.338. The number of rotatable bonds is 3. The normalized spacial score (nSPS) is 14.2. The van der Waals surface area contributed by atoms with E-state index in [4.69, 9.17) is 27.9 Å². The zero-order valence-corrected chi connectivity index (χ0v) is 14.8. The van der Waals surface area contributed by atoms with Gasteiger partial charge in [-0.25, -0.2) is 0 Å². The van der Waals surface area contributed by atoms with Crippen LogP contribution in [0.2, 0.25) is 10.0 Å². The molecule has 0 saturated carbocycles. The van der Waals surface area contributed by atoms with Crippen molar-refractivity contribution in [2.45, 2.75) is 0 Å². The van der Waals surface area contributed by atoms with Gasteiger partial charge < -0.3 is 15.0 Å². The van der Waals surface area contributed by atoms with Crippen LogP contribution in [0.5, 0.6) is 0 Å². The van der Waals surface area contributed by atoms with E-state index in [0.29, 0.717) is 53.2 Å². The van der Waals surface area contributed by atoms with E-state index in [0.717, 1.165) is 0 Å². The van der Waals surface area contributed by atoms with Crippen molar-refractivity contribution in [2.24, 2.45) is 0 Å². The Labute approximate surface area is 155 Å². The zero-order valence-electron chi connectivity index (χ0n) is 13.3. The standard InChI is InChI=1S/C18H16Cl2N2O3/c19-14-9-15(20)11-16(10-14)21-17(23)12-2-1-3-13(8-12)18(24)22-4-6-25-7-5-22/h1-3,8-11H,4-7H2,(H,21,23). The average Bonchev–Trinajstić information content (AvgIpc) is 2.61. The number of anilines is 1. The zero-order chi connectivity index (χ0) is 17.8. The topological polar surface area (TPSA) is 58.6 Å². The Kier molecular flexibility index (Phi) is 5.58. The van der Waals surface area contributed by atoms with Crippen LogP contribution in [0.15, 0.2) is 42.5 Å². The van der Waals surface area contributed by atoms with E-state index < -0.39 is 0 Å². The summed E-state index contributed by atoms with van der Waals surface area (Å²) in [4.78, 5) is 26.7. The van der Waals surface area contributed by atoms with E-state index in [2.05, 4.69) is 5.32 Å². The lowest BCUT2D eigenvalue weighted by Gasteiger charge is -2.27. The van der Waals surface area contributed by atoms with Gasteiger partial charge in [-0.1, -0.05) is 29.3 Å². The first kappa shape index (κ1) is 17.7. The van der Waals surface area contributed by atoms with Gasteiger partial charge in [0.25, 0.3) is 11.8 Å². The largest absolute Gasteiger partial charge is 0.378 e. The molecule has 3 rings (SSSR count). The molecule has 0 spiro atoms. The van der Waals surface area contributed by atoms with Gasteiger partial charge in [0.2, 0.25) is 0 Å². The van der Waals surface area contributed by atoms with Gasteiger partial charge in [-0.15, -0.1) is 0 Å². The summed E-state index contributed by atoms with van der Waals surface area (Å²) in [5, 5.41) is 3.59. The lowest BCUT2D eigenvalue weighted by molar-refractivity contribution is 0.0303. The predicted octanol–water partition coefficient (Wildman–Crippen LogP) is 3.72. The van der Waals surface area contributed by atoms with Gasteiger partial charge in [0.05, 0.1) is 13.2 Å². The lowest BCUT2D eigenvalue weighted by atomic mass is 10.1. The molecule has 5 nitrogen and oxygen atoms in total. The van der Waals surface area contributed by atoms with Gasteiger partial charge in [-0.3, -0.25) is 9.59 Å². The molecule has 1 saturated heterocycles. The maximum Gasteiger partial charge on any atom is 0.255 e. The van der Waals surface area contributed by atoms with E-state index in [1.54, 1.807) is 47.4 Å². The SMILES string of the molecule is O=C(Nc1cc(Cl)cc(Cl)c1)c1cccc(C(=O)N2CCOCC2)c1. The summed E-state index contributed by atoms with van der Waals surface area (Å²) in [6.07, 6.45) is 0. The third-order valence-corrected chi connectivity index (χ3v) is 4.23. The Morgan fingerprint density at radius 1 is 0.960 bits per heavy atom. The molecule has 0 unspecified atom stereocenters. The minimum Gasteiger partial charge on any atom is -0.378 e. The van der Waals surface area contributed by atoms with Crippen LogP contribution in [0.4, 0.5) is 5.69 Å². The predicted molar refractivity (Wildman–Crippen MR) is 97.6 cm³/mol. The summed E-state index contributed by atoms with van der Waals surface area (Å²) in [5.74, 6) is -0.446. The van der Waals surface area contributed by atoms with Gasteiger partial charge in [0.1, 0.15) is 0 Å². The number of nitrogens with zero attached hydrogens (tertiary/aromatic N) is 1. The van der Waals surface area contributed by atoms with Crippen LogP contribution in [0, 0.1) is 0 Å². The Morgan fingerprint density at radius 2 is 1.60 bits per heavy atom. The second-order valence-electron chi connectivity index (χ2n) is 5.60. The maximum atomic E-state index is 12.5. The van der Waals surface area contributed by atoms with E-state index in [-0.39, 0.29) is 11.8 Å². The molecular formula is C18H16Cl2N2O3. The molecule has 0 aromatic heterocycles. The summed E-state index contributed by atoms with van der Waals surface area (Å²) in [5.41, 5.74) is 1.35. The van der Waals surface area contributed by atoms with Crippen LogP contribution >= 0.6 is 23.2 Å². The third-order valence-electron chi connectivity index (χ3n) is 3.79. The van der Waals surface area contributed by atoms with Crippen molar-refractivity contribution in [3.8, 4) is 0 Å². The smallest absolute Gasteiger partial charge is 0.255 e. The molecule has 2 aromatic rings. The van der Waals surface area contributed by atoms with Crippen LogP contribution in [0.25, 0.3) is 0 Å². The van der Waals surface area contributed by atoms with E-state index >= 15 is 0 Å². The van der Waals surface area contributed by atoms with Crippen molar-refractivity contribution >= 4 is 40.7 Å². The quantitative estimate of drug-likeness (QED) is 0.885. The highest BCUT2D eigenvalue weighted by Gasteiger charge is 2.19. The van der Waals surface area contributed by atoms with Crippen LogP contribution in [0.1, 0.15) is 20.7 Å². The van der Waals surface area contributed by atoms with Crippen molar-refractivity contribution in [1.29, 1.82) is 0 Å². The summed E-state index contributed by atoms with van der Waals surface area (Å²) in [7, 11) is 0. The molecule has 2 amide bonds. The number of carbonyl (C=O) groups excluding carboxylic acids is 2. The number of nitrogens with one attached hydrogen (secondary N) is 1. The van der Waals surface area contributed by atoms with Gasteiger partial charge >= 0.3 is 0 Å². The second-order valence-corrected chi connectivity index (χ2v) is 6.47. The third kappa shape index (κ3) is 4.51. The number of benzene rings is 2. The highest BCUT2D eigenvalue weighted by Crippen LogP contribution is 2.23. The Bertz CT molecular complexity index is 784. The molecule has 0 bridgehead atoms. The summed E-state index contributed by atoms with van der Waals surface area (Å²) < 4.78 is 5.25. The number of amides is 2. The number of carbonyl (C=O) groups is 2. The van der Waals surface area contributed by atoms with Crippen molar-refractivity contribution in [3.63, 3.8) is 0 Å². The Balaban J connectivity index is 1.76. The number of hydrogen-bond donors (Lipinski definition) is 1. The van der Waals surface area contributed by atoms with Gasteiger partial charge in [0.15, 0.2) is 0 Å². The van der Waals surface area contributed by atoms with Crippen LogP contribution < -0.4 is 5.32 Å². The van der Waals surface area contributed by atoms with E-state index in [9.17, 15) is 9.59 Å². The summed E-state index contributed by atoms with van der Waals surface area (Å²) in [6, 6.07) is 11.4. The highest BCUT2D eigenvalue weighted by atomic mass is 35.5. The van der Waals surface area contributed by atoms with Gasteiger partial charge in [0, 0.05) is 39.9 Å². The Hall–Kier alpha value is -2.08. The van der Waals surface area contributed by atoms with Crippen molar-refractivity contribution in [2.75, 3.05) is 31.6 Å². The fraction of sp³-hybridized carbons (Fsp3) is 0.222. The minimum absolute atomic E-state index is 0.108. The van der Waals surface area contributed by atoms with Crippen LogP contribution in [0.3, 0.4) is 0 Å². The monoisotopic (exact) mass is 378 g/mol. The molecule has 25 heavy (non-hydrogen) atoms. The number of halogens is 2. The van der Waals surface area contributed by atoms with Crippen LogP contribution in [-0.4, -0.2) is 43.0 Å². The second kappa shape index (κ2) is 7.87. The lowest BCUT2D eigenvalue weighted by Crippen LogP contribution is -2.40. The molecular weight excluding hydrogens is 363 g/mol. The molecule has 7 heteroatoms. The number of ether oxygens (including phenoxy) is 1. The molecule has 1 heterocycles. The average molecular weight is 379 g/mol. The van der Waals surface area contributed by atoms with Gasteiger partial charge in [-0.05, 0) is 36.4 Å². The summed E-state index contributed by atoms with van der Waals surface area (Å²) in [6.45, 7) is 2.16. The van der Waals surface area contributed by atoms with E-state index in [1.165, 1.54) is 0 Å². The molecule has 0 aliphatic carbocycles. The van der Waals surface area contributed by atoms with Gasteiger partial charge in [-0.2, -0.15) is 0 Å². The molecule has 1 aliphatic rings. The molecule has 0 atom stereocenters. The molecule has 0 radical (unpaired) electrons. The molecule has 1 aliphatic heterocycles. The maximum absolute atomic E-state index is 12.5. The van der Waals surface area contributed by atoms with Crippen molar-refractivity contribution in [3.05, 3.63) is 63.6 Å². The molecule has 2 aromatic carbocycles. The number of morpholine rings is 1. The first-order valence-corrected chi connectivity index (χ1v) is 8.53. The van der Waals surface area contributed by atoms with Crippen molar-refractivity contribution in [1.82, 2.24) is 4.90 Å². The fourth-order valence-electron chi connectivity index (χ4n) is 2.57. The molecule has 130 valence electrons. The molecule has 1 fully saturated rings. The van der Waals surface area contributed by atoms with Crippen molar-refractivity contribution < 1.29 is 14.3 Å². The first-order chi connectivity index (χ1) is 12.0. The van der Waals surface area contributed by atoms with Crippen LogP contribution in [-0.2, 0) is 4.74 Å². The Morgan fingerprint density at radius 3 is 2.28 bits per heavy atom. The summed E-state index contributed by atoms with van der Waals surface area (Å²) >= 11 is 11.9. The highest BCUT2D eigenvalue weighted by molar-refractivity contribution is 6.35.